The zero-order valence-electron chi connectivity index (χ0n) is 14.8. The lowest BCUT2D eigenvalue weighted by Crippen LogP contribution is -2.47. The van der Waals surface area contributed by atoms with E-state index in [1.165, 1.54) is 0 Å². The molecule has 0 aromatic heterocycles. The second-order valence-corrected chi connectivity index (χ2v) is 12.5. The number of alkyl carbamates (subject to hydrolysis) is 1. The molecular formula is C16H31NO3Si. The van der Waals surface area contributed by atoms with E-state index in [9.17, 15) is 4.79 Å². The van der Waals surface area contributed by atoms with E-state index in [2.05, 4.69) is 45.1 Å². The number of terminal acetylenes is 1. The average molecular weight is 314 g/mol. The smallest absolute Gasteiger partial charge is 0.407 e. The molecule has 0 rings (SSSR count). The molecular weight excluding hydrogens is 282 g/mol. The van der Waals surface area contributed by atoms with Crippen molar-refractivity contribution in [1.29, 1.82) is 0 Å². The van der Waals surface area contributed by atoms with Crippen LogP contribution in [-0.4, -0.2) is 32.7 Å². The number of ether oxygens (including phenoxy) is 1. The predicted molar refractivity (Wildman–Crippen MR) is 89.8 cm³/mol. The van der Waals surface area contributed by atoms with Crippen LogP contribution in [0.3, 0.4) is 0 Å². The maximum atomic E-state index is 11.7. The van der Waals surface area contributed by atoms with Gasteiger partial charge in [0.1, 0.15) is 5.60 Å². The summed E-state index contributed by atoms with van der Waals surface area (Å²) in [5.74, 6) is 2.62. The Hall–Kier alpha value is -0.993. The Labute approximate surface area is 131 Å². The van der Waals surface area contributed by atoms with Gasteiger partial charge in [0.2, 0.25) is 0 Å². The lowest BCUT2D eigenvalue weighted by molar-refractivity contribution is 0.0498. The number of hydrogen-bond acceptors (Lipinski definition) is 3. The van der Waals surface area contributed by atoms with E-state index >= 15 is 0 Å². The molecule has 0 aromatic carbocycles. The van der Waals surface area contributed by atoms with E-state index in [1.54, 1.807) is 0 Å². The molecule has 0 fully saturated rings. The summed E-state index contributed by atoms with van der Waals surface area (Å²) in [4.78, 5) is 11.7. The van der Waals surface area contributed by atoms with Crippen LogP contribution in [0, 0.1) is 12.3 Å². The topological polar surface area (TPSA) is 47.6 Å². The first kappa shape index (κ1) is 20.0. The van der Waals surface area contributed by atoms with E-state index in [4.69, 9.17) is 15.6 Å². The summed E-state index contributed by atoms with van der Waals surface area (Å²) in [5.41, 5.74) is -0.508. The van der Waals surface area contributed by atoms with Gasteiger partial charge in [0.15, 0.2) is 8.32 Å². The molecule has 0 aliphatic rings. The van der Waals surface area contributed by atoms with Crippen LogP contribution in [0.5, 0.6) is 0 Å². The Morgan fingerprint density at radius 2 is 1.76 bits per heavy atom. The van der Waals surface area contributed by atoms with Crippen molar-refractivity contribution in [3.8, 4) is 12.3 Å². The van der Waals surface area contributed by atoms with Gasteiger partial charge in [-0.05, 0) is 38.9 Å². The summed E-state index contributed by atoms with van der Waals surface area (Å²) in [6.07, 6.45) is 5.26. The Morgan fingerprint density at radius 1 is 1.24 bits per heavy atom. The van der Waals surface area contributed by atoms with E-state index in [1.807, 2.05) is 20.8 Å². The average Bonchev–Trinajstić information content (AvgIpc) is 2.21. The number of rotatable bonds is 5. The highest BCUT2D eigenvalue weighted by molar-refractivity contribution is 6.74. The Bertz CT molecular complexity index is 386. The van der Waals surface area contributed by atoms with Crippen LogP contribution in [-0.2, 0) is 9.16 Å². The van der Waals surface area contributed by atoms with Crippen LogP contribution in [0.2, 0.25) is 18.1 Å². The Kier molecular flexibility index (Phi) is 6.98. The summed E-state index contributed by atoms with van der Waals surface area (Å²) < 4.78 is 11.5. The van der Waals surface area contributed by atoms with Crippen LogP contribution in [0.4, 0.5) is 4.79 Å². The van der Waals surface area contributed by atoms with Crippen molar-refractivity contribution in [2.24, 2.45) is 0 Å². The minimum absolute atomic E-state index is 0.103. The second-order valence-electron chi connectivity index (χ2n) is 7.79. The van der Waals surface area contributed by atoms with E-state index in [-0.39, 0.29) is 11.1 Å². The molecule has 0 heterocycles. The van der Waals surface area contributed by atoms with Gasteiger partial charge in [0, 0.05) is 13.0 Å². The first-order chi connectivity index (χ1) is 9.28. The predicted octanol–water partition coefficient (Wildman–Crippen LogP) is 3.92. The molecule has 0 aliphatic heterocycles. The molecule has 0 saturated carbocycles. The van der Waals surface area contributed by atoms with Crippen molar-refractivity contribution >= 4 is 14.4 Å². The Balaban J connectivity index is 4.59. The van der Waals surface area contributed by atoms with Gasteiger partial charge in [0.05, 0.1) is 6.10 Å². The van der Waals surface area contributed by atoms with Gasteiger partial charge in [-0.15, -0.1) is 12.3 Å². The van der Waals surface area contributed by atoms with Crippen LogP contribution < -0.4 is 5.32 Å². The molecule has 21 heavy (non-hydrogen) atoms. The molecule has 4 nitrogen and oxygen atoms in total. The van der Waals surface area contributed by atoms with E-state index in [0.29, 0.717) is 13.0 Å². The van der Waals surface area contributed by atoms with Crippen molar-refractivity contribution in [2.45, 2.75) is 77.8 Å². The zero-order valence-corrected chi connectivity index (χ0v) is 15.8. The number of carbonyl (C=O) groups is 1. The third-order valence-electron chi connectivity index (χ3n) is 3.49. The number of amides is 1. The lowest BCUT2D eigenvalue weighted by Gasteiger charge is -2.39. The highest BCUT2D eigenvalue weighted by Crippen LogP contribution is 2.37. The molecule has 1 amide bonds. The van der Waals surface area contributed by atoms with Gasteiger partial charge >= 0.3 is 6.09 Å². The minimum Gasteiger partial charge on any atom is -0.444 e. The molecule has 1 N–H and O–H groups in total. The number of hydrogen-bond donors (Lipinski definition) is 1. The largest absolute Gasteiger partial charge is 0.444 e. The first-order valence-electron chi connectivity index (χ1n) is 7.36. The molecule has 122 valence electrons. The normalized spacial score (nSPS) is 14.2. The van der Waals surface area contributed by atoms with Crippen LogP contribution in [0.15, 0.2) is 0 Å². The monoisotopic (exact) mass is 313 g/mol. The van der Waals surface area contributed by atoms with Gasteiger partial charge in [0.25, 0.3) is 0 Å². The molecule has 0 bridgehead atoms. The molecule has 0 spiro atoms. The standard InChI is InChI=1S/C16H31NO3Si/c1-10-11-13(20-21(8,9)16(5,6)7)12-17-14(18)19-15(2,3)4/h1,13H,11-12H2,2-9H3,(H,17,18). The summed E-state index contributed by atoms with van der Waals surface area (Å²) in [7, 11) is -1.91. The van der Waals surface area contributed by atoms with E-state index < -0.39 is 20.0 Å². The van der Waals surface area contributed by atoms with Gasteiger partial charge < -0.3 is 14.5 Å². The van der Waals surface area contributed by atoms with Crippen molar-refractivity contribution in [1.82, 2.24) is 5.32 Å². The lowest BCUT2D eigenvalue weighted by atomic mass is 10.2. The van der Waals surface area contributed by atoms with Crippen molar-refractivity contribution in [3.63, 3.8) is 0 Å². The molecule has 5 heteroatoms. The van der Waals surface area contributed by atoms with E-state index in [0.717, 1.165) is 0 Å². The maximum Gasteiger partial charge on any atom is 0.407 e. The van der Waals surface area contributed by atoms with Crippen LogP contribution in [0.1, 0.15) is 48.0 Å². The fourth-order valence-corrected chi connectivity index (χ4v) is 2.75. The summed E-state index contributed by atoms with van der Waals surface area (Å²) in [6, 6.07) is 0. The first-order valence-corrected chi connectivity index (χ1v) is 10.3. The van der Waals surface area contributed by atoms with Gasteiger partial charge in [-0.1, -0.05) is 20.8 Å². The molecule has 0 radical (unpaired) electrons. The highest BCUT2D eigenvalue weighted by Gasteiger charge is 2.39. The number of nitrogens with one attached hydrogen (secondary N) is 1. The van der Waals surface area contributed by atoms with Gasteiger partial charge in [-0.2, -0.15) is 0 Å². The minimum atomic E-state index is -1.91. The van der Waals surface area contributed by atoms with Gasteiger partial charge in [-0.3, -0.25) is 0 Å². The molecule has 0 saturated heterocycles. The summed E-state index contributed by atoms with van der Waals surface area (Å²) in [6.45, 7) is 16.7. The highest BCUT2D eigenvalue weighted by atomic mass is 28.4. The van der Waals surface area contributed by atoms with Crippen LogP contribution >= 0.6 is 0 Å². The Morgan fingerprint density at radius 3 is 2.14 bits per heavy atom. The zero-order chi connectivity index (χ0) is 16.9. The molecule has 1 atom stereocenters. The molecule has 0 aromatic rings. The second kappa shape index (κ2) is 7.32. The summed E-state index contributed by atoms with van der Waals surface area (Å²) >= 11 is 0. The fourth-order valence-electron chi connectivity index (χ4n) is 1.39. The van der Waals surface area contributed by atoms with Crippen molar-refractivity contribution in [3.05, 3.63) is 0 Å². The molecule has 1 unspecified atom stereocenters. The van der Waals surface area contributed by atoms with Crippen molar-refractivity contribution in [2.75, 3.05) is 6.54 Å². The fraction of sp³-hybridized carbons (Fsp3) is 0.812. The quantitative estimate of drug-likeness (QED) is 0.618. The maximum absolute atomic E-state index is 11.7. The third kappa shape index (κ3) is 8.13. The van der Waals surface area contributed by atoms with Crippen LogP contribution in [0.25, 0.3) is 0 Å². The third-order valence-corrected chi connectivity index (χ3v) is 8.02. The van der Waals surface area contributed by atoms with Gasteiger partial charge in [-0.25, -0.2) is 4.79 Å². The SMILES string of the molecule is C#CCC(CNC(=O)OC(C)(C)C)O[Si](C)(C)C(C)(C)C. The number of carbonyl (C=O) groups excluding carboxylic acids is 1. The summed E-state index contributed by atoms with van der Waals surface area (Å²) in [5, 5.41) is 2.84. The molecule has 0 aliphatic carbocycles. The van der Waals surface area contributed by atoms with Crippen molar-refractivity contribution < 1.29 is 14.0 Å².